The lowest BCUT2D eigenvalue weighted by atomic mass is 10.0. The van der Waals surface area contributed by atoms with Gasteiger partial charge in [-0.05, 0) is 34.1 Å². The largest absolute Gasteiger partial charge is 0.481 e. The first-order valence-corrected chi connectivity index (χ1v) is 7.11. The predicted octanol–water partition coefficient (Wildman–Crippen LogP) is 5.01. The first kappa shape index (κ1) is 14.3. The molecule has 0 aliphatic carbocycles. The van der Waals surface area contributed by atoms with Crippen LogP contribution in [0.5, 0.6) is 5.75 Å². The minimum absolute atomic E-state index is 0.138. The minimum atomic E-state index is -4.39. The molecule has 3 rings (SSSR count). The third-order valence-electron chi connectivity index (χ3n) is 3.32. The van der Waals surface area contributed by atoms with Crippen molar-refractivity contribution in [1.29, 1.82) is 0 Å². The normalized spacial score (nSPS) is 17.6. The number of ether oxygens (including phenoxy) is 1. The van der Waals surface area contributed by atoms with E-state index in [1.54, 1.807) is 12.1 Å². The molecule has 0 fully saturated rings. The average molecular weight is 358 g/mol. The standard InChI is InChI=1S/C15H11BrF3NO/c16-11-6-3-7-12-14(11)21-13(8-20-12)9-4-1-2-5-10(9)15(17,18)19/h1-7,13,20H,8H2. The number of hydrogen-bond donors (Lipinski definition) is 1. The number of nitrogens with one attached hydrogen (secondary N) is 1. The van der Waals surface area contributed by atoms with Crippen LogP contribution in [0.2, 0.25) is 0 Å². The molecule has 1 aliphatic heterocycles. The molecule has 2 nitrogen and oxygen atoms in total. The zero-order valence-electron chi connectivity index (χ0n) is 10.7. The molecule has 0 bridgehead atoms. The maximum Gasteiger partial charge on any atom is 0.416 e. The van der Waals surface area contributed by atoms with Gasteiger partial charge in [-0.2, -0.15) is 13.2 Å². The molecule has 1 N–H and O–H groups in total. The highest BCUT2D eigenvalue weighted by molar-refractivity contribution is 9.10. The van der Waals surface area contributed by atoms with Crippen molar-refractivity contribution in [3.05, 3.63) is 58.1 Å². The highest BCUT2D eigenvalue weighted by Gasteiger charge is 2.36. The summed E-state index contributed by atoms with van der Waals surface area (Å²) in [4.78, 5) is 0. The highest BCUT2D eigenvalue weighted by Crippen LogP contribution is 2.42. The smallest absolute Gasteiger partial charge is 0.416 e. The topological polar surface area (TPSA) is 21.3 Å². The Kier molecular flexibility index (Phi) is 3.57. The van der Waals surface area contributed by atoms with E-state index in [2.05, 4.69) is 21.2 Å². The van der Waals surface area contributed by atoms with Crippen LogP contribution in [0, 0.1) is 0 Å². The lowest BCUT2D eigenvalue weighted by molar-refractivity contribution is -0.139. The van der Waals surface area contributed by atoms with Gasteiger partial charge in [-0.1, -0.05) is 24.3 Å². The number of rotatable bonds is 1. The van der Waals surface area contributed by atoms with Gasteiger partial charge in [-0.15, -0.1) is 0 Å². The number of halogens is 4. The Bertz CT molecular complexity index is 672. The fourth-order valence-corrected chi connectivity index (χ4v) is 2.82. The number of anilines is 1. The highest BCUT2D eigenvalue weighted by atomic mass is 79.9. The number of hydrogen-bond acceptors (Lipinski definition) is 2. The van der Waals surface area contributed by atoms with Gasteiger partial charge in [-0.25, -0.2) is 0 Å². The van der Waals surface area contributed by atoms with Gasteiger partial charge in [0.2, 0.25) is 0 Å². The first-order valence-electron chi connectivity index (χ1n) is 6.32. The van der Waals surface area contributed by atoms with E-state index in [4.69, 9.17) is 4.74 Å². The molecule has 2 aromatic rings. The van der Waals surface area contributed by atoms with E-state index in [-0.39, 0.29) is 12.1 Å². The summed E-state index contributed by atoms with van der Waals surface area (Å²) >= 11 is 3.35. The van der Waals surface area contributed by atoms with Crippen LogP contribution < -0.4 is 10.1 Å². The zero-order valence-corrected chi connectivity index (χ0v) is 12.3. The van der Waals surface area contributed by atoms with Crippen molar-refractivity contribution in [2.75, 3.05) is 11.9 Å². The molecular weight excluding hydrogens is 347 g/mol. The Hall–Kier alpha value is -1.69. The summed E-state index contributed by atoms with van der Waals surface area (Å²) in [6, 6.07) is 11.0. The van der Waals surface area contributed by atoms with Gasteiger partial charge < -0.3 is 10.1 Å². The van der Waals surface area contributed by atoms with Gasteiger partial charge in [0, 0.05) is 5.56 Å². The lowest BCUT2D eigenvalue weighted by Crippen LogP contribution is -2.26. The van der Waals surface area contributed by atoms with Gasteiger partial charge in [0.05, 0.1) is 22.3 Å². The van der Waals surface area contributed by atoms with Crippen molar-refractivity contribution in [3.63, 3.8) is 0 Å². The van der Waals surface area contributed by atoms with E-state index in [9.17, 15) is 13.2 Å². The Labute approximate surface area is 128 Å². The quantitative estimate of drug-likeness (QED) is 0.774. The summed E-state index contributed by atoms with van der Waals surface area (Å²) in [5.74, 6) is 0.533. The van der Waals surface area contributed by atoms with E-state index in [1.807, 2.05) is 12.1 Å². The lowest BCUT2D eigenvalue weighted by Gasteiger charge is -2.29. The molecule has 0 saturated heterocycles. The van der Waals surface area contributed by atoms with Crippen LogP contribution in [-0.4, -0.2) is 6.54 Å². The van der Waals surface area contributed by atoms with Gasteiger partial charge in [0.1, 0.15) is 6.10 Å². The van der Waals surface area contributed by atoms with E-state index in [0.29, 0.717) is 10.2 Å². The second kappa shape index (κ2) is 5.26. The second-order valence-electron chi connectivity index (χ2n) is 4.69. The molecule has 1 unspecified atom stereocenters. The van der Waals surface area contributed by atoms with Gasteiger partial charge in [0.25, 0.3) is 0 Å². The summed E-state index contributed by atoms with van der Waals surface area (Å²) in [6.45, 7) is 0.288. The SMILES string of the molecule is FC(F)(F)c1ccccc1C1CNc2cccc(Br)c2O1. The van der Waals surface area contributed by atoms with Crippen molar-refractivity contribution < 1.29 is 17.9 Å². The monoisotopic (exact) mass is 357 g/mol. The van der Waals surface area contributed by atoms with Crippen LogP contribution in [0.1, 0.15) is 17.2 Å². The third kappa shape index (κ3) is 2.72. The Morgan fingerprint density at radius 3 is 2.62 bits per heavy atom. The van der Waals surface area contributed by atoms with Crippen molar-refractivity contribution in [1.82, 2.24) is 0 Å². The van der Waals surface area contributed by atoms with E-state index < -0.39 is 17.8 Å². The van der Waals surface area contributed by atoms with Crippen molar-refractivity contribution in [3.8, 4) is 5.75 Å². The molecular formula is C15H11BrF3NO. The van der Waals surface area contributed by atoms with Crippen LogP contribution in [0.15, 0.2) is 46.9 Å². The summed E-state index contributed by atoms with van der Waals surface area (Å²) in [5.41, 5.74) is 0.247. The predicted molar refractivity (Wildman–Crippen MR) is 77.4 cm³/mol. The Morgan fingerprint density at radius 1 is 1.10 bits per heavy atom. The number of fused-ring (bicyclic) bond motifs is 1. The fourth-order valence-electron chi connectivity index (χ4n) is 2.36. The maximum absolute atomic E-state index is 13.1. The van der Waals surface area contributed by atoms with Gasteiger partial charge >= 0.3 is 6.18 Å². The third-order valence-corrected chi connectivity index (χ3v) is 3.94. The van der Waals surface area contributed by atoms with Crippen LogP contribution in [0.3, 0.4) is 0 Å². The van der Waals surface area contributed by atoms with Gasteiger partial charge in [-0.3, -0.25) is 0 Å². The summed E-state index contributed by atoms with van der Waals surface area (Å²) < 4.78 is 45.8. The second-order valence-corrected chi connectivity index (χ2v) is 5.54. The zero-order chi connectivity index (χ0) is 15.0. The van der Waals surface area contributed by atoms with Crippen LogP contribution in [0.4, 0.5) is 18.9 Å². The Morgan fingerprint density at radius 2 is 1.86 bits per heavy atom. The summed E-state index contributed by atoms with van der Waals surface area (Å²) in [7, 11) is 0. The summed E-state index contributed by atoms with van der Waals surface area (Å²) in [5, 5.41) is 3.11. The van der Waals surface area contributed by atoms with Crippen molar-refractivity contribution in [2.45, 2.75) is 12.3 Å². The molecule has 110 valence electrons. The average Bonchev–Trinajstić information content (AvgIpc) is 2.46. The number of para-hydroxylation sites is 1. The van der Waals surface area contributed by atoms with Crippen molar-refractivity contribution in [2.24, 2.45) is 0 Å². The fraction of sp³-hybridized carbons (Fsp3) is 0.200. The minimum Gasteiger partial charge on any atom is -0.481 e. The van der Waals surface area contributed by atoms with E-state index >= 15 is 0 Å². The molecule has 2 aromatic carbocycles. The van der Waals surface area contributed by atoms with Crippen LogP contribution in [0.25, 0.3) is 0 Å². The molecule has 0 aromatic heterocycles. The molecule has 0 amide bonds. The molecule has 1 heterocycles. The first-order chi connectivity index (χ1) is 9.97. The van der Waals surface area contributed by atoms with Crippen molar-refractivity contribution >= 4 is 21.6 Å². The van der Waals surface area contributed by atoms with Gasteiger partial charge in [0.15, 0.2) is 5.75 Å². The molecule has 0 saturated carbocycles. The van der Waals surface area contributed by atoms with E-state index in [0.717, 1.165) is 11.8 Å². The molecule has 1 aliphatic rings. The van der Waals surface area contributed by atoms with Crippen LogP contribution in [-0.2, 0) is 6.18 Å². The maximum atomic E-state index is 13.1. The molecule has 6 heteroatoms. The Balaban J connectivity index is 1.99. The summed E-state index contributed by atoms with van der Waals surface area (Å²) in [6.07, 6.45) is -5.08. The number of alkyl halides is 3. The van der Waals surface area contributed by atoms with Crippen LogP contribution >= 0.6 is 15.9 Å². The molecule has 1 atom stereocenters. The molecule has 0 spiro atoms. The van der Waals surface area contributed by atoms with E-state index in [1.165, 1.54) is 12.1 Å². The molecule has 21 heavy (non-hydrogen) atoms. The molecule has 0 radical (unpaired) electrons. The number of benzene rings is 2.